The molecule has 0 aromatic heterocycles. The number of benzene rings is 1. The van der Waals surface area contributed by atoms with Gasteiger partial charge in [-0.2, -0.15) is 0 Å². The maximum Gasteiger partial charge on any atom is 0.214 e. The van der Waals surface area contributed by atoms with Crippen molar-refractivity contribution in [3.8, 4) is 5.75 Å². The zero-order chi connectivity index (χ0) is 15.7. The van der Waals surface area contributed by atoms with Gasteiger partial charge in [-0.25, -0.2) is 13.1 Å². The smallest absolute Gasteiger partial charge is 0.214 e. The largest absolute Gasteiger partial charge is 0.490 e. The molecule has 1 aromatic carbocycles. The Hall–Kier alpha value is -1.31. The van der Waals surface area contributed by atoms with Crippen LogP contribution in [-0.2, 0) is 10.0 Å². The van der Waals surface area contributed by atoms with Crippen LogP contribution in [0.2, 0.25) is 0 Å². The van der Waals surface area contributed by atoms with Gasteiger partial charge in [-0.05, 0) is 30.9 Å². The SMILES string of the molecule is CC(CO)CCCNS(=O)(=O)CCOc1ccccc1N. The highest BCUT2D eigenvalue weighted by molar-refractivity contribution is 7.89. The zero-order valence-corrected chi connectivity index (χ0v) is 13.1. The summed E-state index contributed by atoms with van der Waals surface area (Å²) in [5, 5.41) is 8.88. The maximum absolute atomic E-state index is 11.7. The van der Waals surface area contributed by atoms with Gasteiger partial charge in [0.05, 0.1) is 11.4 Å². The number of hydrogen-bond acceptors (Lipinski definition) is 5. The number of hydrogen-bond donors (Lipinski definition) is 3. The van der Waals surface area contributed by atoms with Gasteiger partial charge in [0.1, 0.15) is 12.4 Å². The normalized spacial score (nSPS) is 13.0. The Labute approximate surface area is 126 Å². The number of aliphatic hydroxyl groups is 1. The molecule has 0 bridgehead atoms. The van der Waals surface area contributed by atoms with Crippen molar-refractivity contribution in [1.82, 2.24) is 4.72 Å². The number of aliphatic hydroxyl groups excluding tert-OH is 1. The fourth-order valence-corrected chi connectivity index (χ4v) is 2.62. The van der Waals surface area contributed by atoms with Crippen molar-refractivity contribution >= 4 is 15.7 Å². The molecule has 1 aromatic rings. The minimum atomic E-state index is -3.35. The molecule has 0 fully saturated rings. The molecule has 7 heteroatoms. The second kappa shape index (κ2) is 8.86. The summed E-state index contributed by atoms with van der Waals surface area (Å²) in [6.07, 6.45) is 1.49. The number of sulfonamides is 1. The van der Waals surface area contributed by atoms with E-state index in [1.54, 1.807) is 24.3 Å². The number of rotatable bonds is 10. The van der Waals surface area contributed by atoms with Gasteiger partial charge < -0.3 is 15.6 Å². The number of anilines is 1. The first-order valence-electron chi connectivity index (χ1n) is 7.00. The number of ether oxygens (including phenoxy) is 1. The highest BCUT2D eigenvalue weighted by Crippen LogP contribution is 2.19. The van der Waals surface area contributed by atoms with E-state index >= 15 is 0 Å². The summed E-state index contributed by atoms with van der Waals surface area (Å²) in [4.78, 5) is 0. The van der Waals surface area contributed by atoms with Gasteiger partial charge >= 0.3 is 0 Å². The molecular formula is C14H24N2O4S. The molecule has 1 rings (SSSR count). The Morgan fingerprint density at radius 3 is 2.76 bits per heavy atom. The van der Waals surface area contributed by atoms with Crippen LogP contribution < -0.4 is 15.2 Å². The lowest BCUT2D eigenvalue weighted by molar-refractivity contribution is 0.228. The fourth-order valence-electron chi connectivity index (χ4n) is 1.71. The molecule has 0 radical (unpaired) electrons. The van der Waals surface area contributed by atoms with Crippen molar-refractivity contribution in [3.63, 3.8) is 0 Å². The lowest BCUT2D eigenvalue weighted by atomic mass is 10.1. The molecule has 1 unspecified atom stereocenters. The average molecular weight is 316 g/mol. The van der Waals surface area contributed by atoms with Gasteiger partial charge in [0, 0.05) is 13.2 Å². The van der Waals surface area contributed by atoms with E-state index in [0.717, 1.165) is 6.42 Å². The van der Waals surface area contributed by atoms with E-state index in [1.807, 2.05) is 6.92 Å². The number of nitrogen functional groups attached to an aromatic ring is 1. The molecule has 0 aliphatic carbocycles. The van der Waals surface area contributed by atoms with E-state index in [4.69, 9.17) is 15.6 Å². The summed E-state index contributed by atoms with van der Waals surface area (Å²) in [7, 11) is -3.35. The molecule has 21 heavy (non-hydrogen) atoms. The van der Waals surface area contributed by atoms with Gasteiger partial charge in [-0.15, -0.1) is 0 Å². The second-order valence-electron chi connectivity index (χ2n) is 5.03. The predicted octanol–water partition coefficient (Wildman–Crippen LogP) is 0.976. The van der Waals surface area contributed by atoms with E-state index in [0.29, 0.717) is 24.4 Å². The lowest BCUT2D eigenvalue weighted by Crippen LogP contribution is -2.30. The molecule has 1 atom stereocenters. The van der Waals surface area contributed by atoms with Gasteiger partial charge in [0.15, 0.2) is 0 Å². The van der Waals surface area contributed by atoms with Crippen molar-refractivity contribution < 1.29 is 18.3 Å². The highest BCUT2D eigenvalue weighted by atomic mass is 32.2. The summed E-state index contributed by atoms with van der Waals surface area (Å²) < 4.78 is 31.4. The van der Waals surface area contributed by atoms with Gasteiger partial charge in [-0.1, -0.05) is 19.1 Å². The number of nitrogens with two attached hydrogens (primary N) is 1. The molecular weight excluding hydrogens is 292 g/mol. The van der Waals surface area contributed by atoms with Gasteiger partial charge in [-0.3, -0.25) is 0 Å². The van der Waals surface area contributed by atoms with Gasteiger partial charge in [0.25, 0.3) is 0 Å². The van der Waals surface area contributed by atoms with Crippen LogP contribution in [-0.4, -0.2) is 39.0 Å². The topological polar surface area (TPSA) is 102 Å². The minimum Gasteiger partial charge on any atom is -0.490 e. The Balaban J connectivity index is 2.25. The molecule has 0 amide bonds. The third-order valence-electron chi connectivity index (χ3n) is 3.04. The average Bonchev–Trinajstić information content (AvgIpc) is 2.45. The molecule has 0 heterocycles. The van der Waals surface area contributed by atoms with E-state index in [9.17, 15) is 8.42 Å². The molecule has 0 saturated carbocycles. The van der Waals surface area contributed by atoms with E-state index in [-0.39, 0.29) is 24.9 Å². The van der Waals surface area contributed by atoms with Crippen LogP contribution >= 0.6 is 0 Å². The Morgan fingerprint density at radius 2 is 2.10 bits per heavy atom. The van der Waals surface area contributed by atoms with E-state index < -0.39 is 10.0 Å². The van der Waals surface area contributed by atoms with Crippen LogP contribution in [0.3, 0.4) is 0 Å². The summed E-state index contributed by atoms with van der Waals surface area (Å²) in [5.41, 5.74) is 6.19. The first kappa shape index (κ1) is 17.7. The van der Waals surface area contributed by atoms with Crippen LogP contribution in [0.15, 0.2) is 24.3 Å². The van der Waals surface area contributed by atoms with Crippen molar-refractivity contribution in [2.24, 2.45) is 5.92 Å². The van der Waals surface area contributed by atoms with Gasteiger partial charge in [0.2, 0.25) is 10.0 Å². The van der Waals surface area contributed by atoms with Crippen LogP contribution in [0.5, 0.6) is 5.75 Å². The molecule has 6 nitrogen and oxygen atoms in total. The standard InChI is InChI=1S/C14H24N2O4S/c1-12(11-17)5-4-8-16-21(18,19)10-9-20-14-7-3-2-6-13(14)15/h2-3,6-7,12,16-17H,4-5,8-11,15H2,1H3. The highest BCUT2D eigenvalue weighted by Gasteiger charge is 2.10. The van der Waals surface area contributed by atoms with Crippen molar-refractivity contribution in [3.05, 3.63) is 24.3 Å². The molecule has 120 valence electrons. The minimum absolute atomic E-state index is 0.0522. The second-order valence-corrected chi connectivity index (χ2v) is 6.96. The Kier molecular flexibility index (Phi) is 7.49. The summed E-state index contributed by atoms with van der Waals surface area (Å²) in [6.45, 7) is 2.47. The zero-order valence-electron chi connectivity index (χ0n) is 12.3. The fraction of sp³-hybridized carbons (Fsp3) is 0.571. The molecule has 0 spiro atoms. The van der Waals surface area contributed by atoms with Crippen LogP contribution in [0, 0.1) is 5.92 Å². The first-order valence-corrected chi connectivity index (χ1v) is 8.65. The van der Waals surface area contributed by atoms with Crippen molar-refractivity contribution in [1.29, 1.82) is 0 Å². The number of nitrogens with one attached hydrogen (secondary N) is 1. The summed E-state index contributed by atoms with van der Waals surface area (Å²) >= 11 is 0. The van der Waals surface area contributed by atoms with E-state index in [2.05, 4.69) is 4.72 Å². The number of para-hydroxylation sites is 2. The van der Waals surface area contributed by atoms with Crippen LogP contribution in [0.25, 0.3) is 0 Å². The van der Waals surface area contributed by atoms with Crippen molar-refractivity contribution in [2.75, 3.05) is 31.2 Å². The van der Waals surface area contributed by atoms with E-state index in [1.165, 1.54) is 0 Å². The molecule has 4 N–H and O–H groups in total. The maximum atomic E-state index is 11.7. The molecule has 0 aliphatic heterocycles. The third-order valence-corrected chi connectivity index (χ3v) is 4.38. The monoisotopic (exact) mass is 316 g/mol. The Bertz CT molecular complexity index is 519. The quantitative estimate of drug-likeness (QED) is 0.441. The lowest BCUT2D eigenvalue weighted by Gasteiger charge is -2.11. The molecule has 0 saturated heterocycles. The Morgan fingerprint density at radius 1 is 1.38 bits per heavy atom. The summed E-state index contributed by atoms with van der Waals surface area (Å²) in [5.74, 6) is 0.569. The first-order chi connectivity index (χ1) is 9.94. The molecule has 0 aliphatic rings. The van der Waals surface area contributed by atoms with Crippen LogP contribution in [0.4, 0.5) is 5.69 Å². The van der Waals surface area contributed by atoms with Crippen molar-refractivity contribution in [2.45, 2.75) is 19.8 Å². The van der Waals surface area contributed by atoms with Crippen LogP contribution in [0.1, 0.15) is 19.8 Å². The third kappa shape index (κ3) is 7.31. The summed E-state index contributed by atoms with van der Waals surface area (Å²) in [6, 6.07) is 6.96. The predicted molar refractivity (Wildman–Crippen MR) is 83.6 cm³/mol.